The maximum atomic E-state index is 11.6. The van der Waals surface area contributed by atoms with Crippen molar-refractivity contribution in [1.82, 2.24) is 14.2 Å². The largest absolute Gasteiger partial charge is 0.478 e. The SMILES string of the molecule is CS(=O)(=O)N1CCN(CCNc2c(C(=O)O)cnc3ccccc23)CC1. The van der Waals surface area contributed by atoms with Crippen LogP contribution in [0.25, 0.3) is 10.9 Å². The Morgan fingerprint density at radius 2 is 1.92 bits per heavy atom. The second kappa shape index (κ2) is 7.56. The van der Waals surface area contributed by atoms with Crippen molar-refractivity contribution in [1.29, 1.82) is 0 Å². The lowest BCUT2D eigenvalue weighted by atomic mass is 10.1. The number of benzene rings is 1. The number of anilines is 1. The average Bonchev–Trinajstić information content (AvgIpc) is 2.61. The number of rotatable bonds is 6. The molecule has 1 aliphatic heterocycles. The average molecular weight is 378 g/mol. The van der Waals surface area contributed by atoms with Crippen LogP contribution in [0.1, 0.15) is 10.4 Å². The van der Waals surface area contributed by atoms with Crippen LogP contribution in [0.2, 0.25) is 0 Å². The van der Waals surface area contributed by atoms with Crippen LogP contribution >= 0.6 is 0 Å². The molecule has 0 saturated carbocycles. The minimum Gasteiger partial charge on any atom is -0.478 e. The van der Waals surface area contributed by atoms with Gasteiger partial charge in [-0.2, -0.15) is 4.31 Å². The van der Waals surface area contributed by atoms with Crippen molar-refractivity contribution in [3.05, 3.63) is 36.0 Å². The number of aromatic nitrogens is 1. The molecule has 0 bridgehead atoms. The smallest absolute Gasteiger partial charge is 0.339 e. The second-order valence-electron chi connectivity index (χ2n) is 6.30. The van der Waals surface area contributed by atoms with E-state index in [2.05, 4.69) is 15.2 Å². The van der Waals surface area contributed by atoms with Crippen LogP contribution in [-0.4, -0.2) is 79.2 Å². The molecule has 1 fully saturated rings. The fourth-order valence-electron chi connectivity index (χ4n) is 3.12. The summed E-state index contributed by atoms with van der Waals surface area (Å²) in [6.45, 7) is 3.56. The number of fused-ring (bicyclic) bond motifs is 1. The van der Waals surface area contributed by atoms with Gasteiger partial charge in [-0.1, -0.05) is 18.2 Å². The molecule has 2 heterocycles. The number of sulfonamides is 1. The van der Waals surface area contributed by atoms with Gasteiger partial charge in [0.05, 0.1) is 17.5 Å². The number of carboxylic acids is 1. The number of piperazine rings is 1. The number of aromatic carboxylic acids is 1. The van der Waals surface area contributed by atoms with Crippen LogP contribution in [0.3, 0.4) is 0 Å². The highest BCUT2D eigenvalue weighted by atomic mass is 32.2. The van der Waals surface area contributed by atoms with Crippen LogP contribution < -0.4 is 5.32 Å². The summed E-state index contributed by atoms with van der Waals surface area (Å²) in [5.41, 5.74) is 1.45. The summed E-state index contributed by atoms with van der Waals surface area (Å²) in [6.07, 6.45) is 2.60. The molecule has 0 amide bonds. The molecule has 1 aromatic carbocycles. The second-order valence-corrected chi connectivity index (χ2v) is 8.28. The van der Waals surface area contributed by atoms with E-state index in [1.165, 1.54) is 16.8 Å². The maximum Gasteiger partial charge on any atom is 0.339 e. The van der Waals surface area contributed by atoms with E-state index >= 15 is 0 Å². The summed E-state index contributed by atoms with van der Waals surface area (Å²) in [6, 6.07) is 7.41. The van der Waals surface area contributed by atoms with Gasteiger partial charge in [-0.15, -0.1) is 0 Å². The topological polar surface area (TPSA) is 103 Å². The molecule has 1 saturated heterocycles. The van der Waals surface area contributed by atoms with Crippen molar-refractivity contribution >= 4 is 32.6 Å². The molecule has 0 aliphatic carbocycles. The molecule has 3 rings (SSSR count). The Hall–Kier alpha value is -2.23. The number of carbonyl (C=O) groups is 1. The van der Waals surface area contributed by atoms with Gasteiger partial charge in [0.1, 0.15) is 5.56 Å². The Bertz CT molecular complexity index is 908. The molecule has 0 atom stereocenters. The fraction of sp³-hybridized carbons (Fsp3) is 0.412. The minimum absolute atomic E-state index is 0.144. The van der Waals surface area contributed by atoms with Gasteiger partial charge in [0.15, 0.2) is 0 Å². The monoisotopic (exact) mass is 378 g/mol. The van der Waals surface area contributed by atoms with Gasteiger partial charge in [0.2, 0.25) is 10.0 Å². The highest BCUT2D eigenvalue weighted by Crippen LogP contribution is 2.25. The van der Waals surface area contributed by atoms with Crippen molar-refractivity contribution in [2.24, 2.45) is 0 Å². The Balaban J connectivity index is 1.65. The van der Waals surface area contributed by atoms with Crippen LogP contribution in [0.4, 0.5) is 5.69 Å². The highest BCUT2D eigenvalue weighted by Gasteiger charge is 2.23. The van der Waals surface area contributed by atoms with Gasteiger partial charge in [-0.25, -0.2) is 13.2 Å². The van der Waals surface area contributed by atoms with E-state index in [4.69, 9.17) is 0 Å². The third kappa shape index (κ3) is 4.12. The number of carboxylic acid groups (broad SMARTS) is 1. The van der Waals surface area contributed by atoms with Crippen LogP contribution in [-0.2, 0) is 10.0 Å². The molecule has 0 unspecified atom stereocenters. The van der Waals surface area contributed by atoms with Gasteiger partial charge >= 0.3 is 5.97 Å². The van der Waals surface area contributed by atoms with Gasteiger partial charge in [-0.3, -0.25) is 9.88 Å². The molecule has 0 spiro atoms. The predicted octanol–water partition coefficient (Wildman–Crippen LogP) is 0.922. The summed E-state index contributed by atoms with van der Waals surface area (Å²) in [5, 5.41) is 13.4. The van der Waals surface area contributed by atoms with Gasteiger partial charge in [0, 0.05) is 50.9 Å². The summed E-state index contributed by atoms with van der Waals surface area (Å²) >= 11 is 0. The molecule has 2 N–H and O–H groups in total. The highest BCUT2D eigenvalue weighted by molar-refractivity contribution is 7.88. The first kappa shape index (κ1) is 18.6. The molecular formula is C17H22N4O4S. The van der Waals surface area contributed by atoms with Gasteiger partial charge in [0.25, 0.3) is 0 Å². The van der Waals surface area contributed by atoms with Gasteiger partial charge < -0.3 is 10.4 Å². The Morgan fingerprint density at radius 1 is 1.23 bits per heavy atom. The van der Waals surface area contributed by atoms with Crippen molar-refractivity contribution in [2.45, 2.75) is 0 Å². The molecule has 1 aromatic heterocycles. The lowest BCUT2D eigenvalue weighted by Gasteiger charge is -2.33. The van der Waals surface area contributed by atoms with E-state index in [0.29, 0.717) is 45.0 Å². The lowest BCUT2D eigenvalue weighted by molar-refractivity contribution is 0.0697. The minimum atomic E-state index is -3.13. The number of nitrogens with one attached hydrogen (secondary N) is 1. The molecular weight excluding hydrogens is 356 g/mol. The number of para-hydroxylation sites is 1. The number of hydrogen-bond donors (Lipinski definition) is 2. The van der Waals surface area contributed by atoms with Crippen molar-refractivity contribution in [3.63, 3.8) is 0 Å². The Morgan fingerprint density at radius 3 is 2.58 bits per heavy atom. The first-order valence-corrected chi connectivity index (χ1v) is 10.2. The quantitative estimate of drug-likeness (QED) is 0.770. The zero-order chi connectivity index (χ0) is 18.7. The van der Waals surface area contributed by atoms with E-state index in [0.717, 1.165) is 10.9 Å². The van der Waals surface area contributed by atoms with Crippen molar-refractivity contribution in [3.8, 4) is 0 Å². The van der Waals surface area contributed by atoms with Crippen LogP contribution in [0, 0.1) is 0 Å². The molecule has 9 heteroatoms. The zero-order valence-corrected chi connectivity index (χ0v) is 15.4. The van der Waals surface area contributed by atoms with E-state index in [9.17, 15) is 18.3 Å². The maximum absolute atomic E-state index is 11.6. The standard InChI is InChI=1S/C17H22N4O4S/c1-26(24,25)21-10-8-20(9-11-21)7-6-18-16-13-4-2-3-5-15(13)19-12-14(16)17(22)23/h2-5,12H,6-11H2,1H3,(H,18,19)(H,22,23). The van der Waals surface area contributed by atoms with E-state index in [1.54, 1.807) is 0 Å². The van der Waals surface area contributed by atoms with Crippen LogP contribution in [0.15, 0.2) is 30.5 Å². The van der Waals surface area contributed by atoms with Crippen molar-refractivity contribution in [2.75, 3.05) is 50.8 Å². The summed E-state index contributed by atoms with van der Waals surface area (Å²) in [4.78, 5) is 17.9. The molecule has 8 nitrogen and oxygen atoms in total. The molecule has 2 aromatic rings. The summed E-state index contributed by atoms with van der Waals surface area (Å²) in [5.74, 6) is -1.02. The van der Waals surface area contributed by atoms with E-state index in [-0.39, 0.29) is 5.56 Å². The third-order valence-corrected chi connectivity index (χ3v) is 5.84. The fourth-order valence-corrected chi connectivity index (χ4v) is 3.94. The van der Waals surface area contributed by atoms with Crippen LogP contribution in [0.5, 0.6) is 0 Å². The van der Waals surface area contributed by atoms with E-state index in [1.807, 2.05) is 24.3 Å². The predicted molar refractivity (Wildman–Crippen MR) is 100 cm³/mol. The normalized spacial score (nSPS) is 16.7. The number of pyridine rings is 1. The molecule has 0 radical (unpaired) electrons. The summed E-state index contributed by atoms with van der Waals surface area (Å²) < 4.78 is 24.6. The zero-order valence-electron chi connectivity index (χ0n) is 14.6. The van der Waals surface area contributed by atoms with Crippen molar-refractivity contribution < 1.29 is 18.3 Å². The lowest BCUT2D eigenvalue weighted by Crippen LogP contribution is -2.49. The Labute approximate surface area is 152 Å². The molecule has 26 heavy (non-hydrogen) atoms. The molecule has 1 aliphatic rings. The first-order valence-electron chi connectivity index (χ1n) is 8.38. The number of nitrogens with zero attached hydrogens (tertiary/aromatic N) is 3. The third-order valence-electron chi connectivity index (χ3n) is 4.54. The molecule has 140 valence electrons. The Kier molecular flexibility index (Phi) is 5.40. The van der Waals surface area contributed by atoms with E-state index < -0.39 is 16.0 Å². The summed E-state index contributed by atoms with van der Waals surface area (Å²) in [7, 11) is -3.13. The van der Waals surface area contributed by atoms with Gasteiger partial charge in [-0.05, 0) is 6.07 Å². The number of hydrogen-bond acceptors (Lipinski definition) is 6. The first-order chi connectivity index (χ1) is 12.4.